The number of rotatable bonds is 5. The van der Waals surface area contributed by atoms with Crippen molar-refractivity contribution in [2.75, 3.05) is 10.8 Å². The molecule has 0 spiro atoms. The van der Waals surface area contributed by atoms with Crippen LogP contribution in [0.15, 0.2) is 65.6 Å². The van der Waals surface area contributed by atoms with Gasteiger partial charge in [-0.1, -0.05) is 12.1 Å². The molecule has 38 heavy (non-hydrogen) atoms. The van der Waals surface area contributed by atoms with Crippen LogP contribution in [0.25, 0.3) is 11.1 Å². The Morgan fingerprint density at radius 1 is 1.00 bits per heavy atom. The number of alkyl halides is 3. The van der Waals surface area contributed by atoms with Crippen LogP contribution in [0.5, 0.6) is 5.75 Å². The van der Waals surface area contributed by atoms with Crippen LogP contribution in [-0.2, 0) is 21.0 Å². The maximum Gasteiger partial charge on any atom is 0.416 e. The van der Waals surface area contributed by atoms with Crippen molar-refractivity contribution in [3.63, 3.8) is 0 Å². The van der Waals surface area contributed by atoms with Crippen molar-refractivity contribution in [2.24, 2.45) is 11.8 Å². The maximum absolute atomic E-state index is 14.5. The minimum Gasteiger partial charge on any atom is -0.486 e. The number of hydrogen-bond acceptors (Lipinski definition) is 4. The minimum absolute atomic E-state index is 0.0612. The first-order valence-corrected chi connectivity index (χ1v) is 13.0. The molecule has 1 heterocycles. The Kier molecular flexibility index (Phi) is 6.33. The Bertz CT molecular complexity index is 1520. The highest BCUT2D eigenvalue weighted by Gasteiger charge is 2.45. The summed E-state index contributed by atoms with van der Waals surface area (Å²) in [6.07, 6.45) is -5.05. The lowest BCUT2D eigenvalue weighted by Gasteiger charge is -2.43. The topological polar surface area (TPSA) is 83.9 Å². The van der Waals surface area contributed by atoms with Gasteiger partial charge in [-0.2, -0.15) is 13.2 Å². The van der Waals surface area contributed by atoms with Crippen molar-refractivity contribution < 1.29 is 45.0 Å². The van der Waals surface area contributed by atoms with Gasteiger partial charge in [0.25, 0.3) is 10.0 Å². The third-order valence-electron chi connectivity index (χ3n) is 6.89. The van der Waals surface area contributed by atoms with E-state index in [9.17, 15) is 40.3 Å². The van der Waals surface area contributed by atoms with Gasteiger partial charge in [-0.25, -0.2) is 17.2 Å². The maximum atomic E-state index is 14.5. The van der Waals surface area contributed by atoms with Crippen LogP contribution in [0, 0.1) is 23.5 Å². The molecular formula is C26H20F5NO5S. The molecule has 0 radical (unpaired) electrons. The number of carboxylic acid groups (broad SMARTS) is 1. The number of nitrogens with zero attached hydrogens (tertiary/aromatic N) is 1. The number of benzene rings is 3. The second-order valence-electron chi connectivity index (χ2n) is 9.29. The van der Waals surface area contributed by atoms with Crippen LogP contribution in [0.3, 0.4) is 0 Å². The van der Waals surface area contributed by atoms with Crippen molar-refractivity contribution in [3.8, 4) is 16.9 Å². The largest absolute Gasteiger partial charge is 0.486 e. The van der Waals surface area contributed by atoms with E-state index in [1.807, 2.05) is 0 Å². The Labute approximate surface area is 214 Å². The van der Waals surface area contributed by atoms with E-state index in [4.69, 9.17) is 4.74 Å². The van der Waals surface area contributed by atoms with Gasteiger partial charge < -0.3 is 9.84 Å². The fraction of sp³-hybridized carbons (Fsp3) is 0.269. The molecule has 200 valence electrons. The lowest BCUT2D eigenvalue weighted by molar-refractivity contribution is -0.147. The third kappa shape index (κ3) is 4.68. The number of carboxylic acids is 1. The zero-order valence-electron chi connectivity index (χ0n) is 19.5. The normalized spacial score (nSPS) is 21.3. The molecule has 0 aromatic heterocycles. The molecule has 12 heteroatoms. The molecule has 3 aromatic rings. The summed E-state index contributed by atoms with van der Waals surface area (Å²) in [5.41, 5.74) is -1.23. The number of halogens is 5. The fourth-order valence-corrected chi connectivity index (χ4v) is 6.29. The predicted molar refractivity (Wildman–Crippen MR) is 126 cm³/mol. The first kappa shape index (κ1) is 26.0. The molecule has 0 bridgehead atoms. The van der Waals surface area contributed by atoms with E-state index in [1.165, 1.54) is 18.2 Å². The van der Waals surface area contributed by atoms with Crippen LogP contribution in [0.4, 0.5) is 27.6 Å². The minimum atomic E-state index is -4.78. The molecular weight excluding hydrogens is 533 g/mol. The molecule has 6 nitrogen and oxygen atoms in total. The van der Waals surface area contributed by atoms with Crippen molar-refractivity contribution in [2.45, 2.75) is 30.0 Å². The van der Waals surface area contributed by atoms with Gasteiger partial charge in [0.05, 0.1) is 28.6 Å². The van der Waals surface area contributed by atoms with Crippen LogP contribution in [0.2, 0.25) is 0 Å². The molecule has 5 rings (SSSR count). The predicted octanol–water partition coefficient (Wildman–Crippen LogP) is 5.72. The van der Waals surface area contributed by atoms with Gasteiger partial charge in [0, 0.05) is 5.56 Å². The molecule has 1 aliphatic heterocycles. The average Bonchev–Trinajstić information content (AvgIpc) is 2.83. The van der Waals surface area contributed by atoms with E-state index in [2.05, 4.69) is 0 Å². The van der Waals surface area contributed by atoms with E-state index in [-0.39, 0.29) is 47.9 Å². The highest BCUT2D eigenvalue weighted by Crippen LogP contribution is 2.45. The number of anilines is 1. The summed E-state index contributed by atoms with van der Waals surface area (Å²) in [6, 6.07) is 10.1. The van der Waals surface area contributed by atoms with E-state index in [0.29, 0.717) is 6.07 Å². The van der Waals surface area contributed by atoms with E-state index in [0.717, 1.165) is 40.7 Å². The fourth-order valence-electron chi connectivity index (χ4n) is 4.76. The number of fused-ring (bicyclic) bond motifs is 1. The van der Waals surface area contributed by atoms with Crippen LogP contribution in [-0.4, -0.2) is 32.1 Å². The lowest BCUT2D eigenvalue weighted by Crippen LogP contribution is -2.50. The monoisotopic (exact) mass is 553 g/mol. The Balaban J connectivity index is 1.59. The number of sulfonamides is 1. The second-order valence-corrected chi connectivity index (χ2v) is 11.2. The highest BCUT2D eigenvalue weighted by atomic mass is 32.2. The summed E-state index contributed by atoms with van der Waals surface area (Å²) in [6.45, 7) is -0.308. The Morgan fingerprint density at radius 3 is 2.42 bits per heavy atom. The molecule has 0 amide bonds. The van der Waals surface area contributed by atoms with Gasteiger partial charge in [-0.3, -0.25) is 9.10 Å². The van der Waals surface area contributed by atoms with Crippen molar-refractivity contribution in [3.05, 3.63) is 77.9 Å². The number of ether oxygens (including phenoxy) is 1. The highest BCUT2D eigenvalue weighted by molar-refractivity contribution is 7.92. The molecule has 1 fully saturated rings. The average molecular weight is 554 g/mol. The Hall–Kier alpha value is -3.67. The lowest BCUT2D eigenvalue weighted by atomic mass is 9.72. The van der Waals surface area contributed by atoms with Gasteiger partial charge >= 0.3 is 12.1 Å². The first-order chi connectivity index (χ1) is 17.8. The first-order valence-electron chi connectivity index (χ1n) is 11.5. The SMILES string of the molecule is O=C(O)[C@H]1C[C@H]([C@H]2CN(S(=O)(=O)c3cccc(C(F)(F)F)c3)c3cc(-c4cc(F)ccc4F)ccc3O2)C1. The summed E-state index contributed by atoms with van der Waals surface area (Å²) in [7, 11) is -4.59. The van der Waals surface area contributed by atoms with E-state index < -0.39 is 56.3 Å². The van der Waals surface area contributed by atoms with E-state index >= 15 is 0 Å². The zero-order chi connectivity index (χ0) is 27.4. The van der Waals surface area contributed by atoms with E-state index in [1.54, 1.807) is 0 Å². The Morgan fingerprint density at radius 2 is 1.74 bits per heavy atom. The van der Waals surface area contributed by atoms with Crippen LogP contribution in [0.1, 0.15) is 18.4 Å². The van der Waals surface area contributed by atoms with Gasteiger partial charge in [-0.15, -0.1) is 0 Å². The molecule has 2 aliphatic rings. The molecule has 0 saturated heterocycles. The van der Waals surface area contributed by atoms with Crippen LogP contribution >= 0.6 is 0 Å². The molecule has 1 atom stereocenters. The summed E-state index contributed by atoms with van der Waals surface area (Å²) >= 11 is 0. The number of hydrogen-bond donors (Lipinski definition) is 1. The van der Waals surface area contributed by atoms with Crippen LogP contribution < -0.4 is 9.04 Å². The quantitative estimate of drug-likeness (QED) is 0.409. The van der Waals surface area contributed by atoms with Gasteiger partial charge in [-0.05, 0) is 72.9 Å². The van der Waals surface area contributed by atoms with Gasteiger partial charge in [0.1, 0.15) is 23.5 Å². The van der Waals surface area contributed by atoms with Gasteiger partial charge in [0.2, 0.25) is 0 Å². The number of aliphatic carboxylic acids is 1. The smallest absolute Gasteiger partial charge is 0.416 e. The summed E-state index contributed by atoms with van der Waals surface area (Å²) in [4.78, 5) is 10.6. The molecule has 0 unspecified atom stereocenters. The molecule has 1 N–H and O–H groups in total. The second kappa shape index (κ2) is 9.26. The summed E-state index contributed by atoms with van der Waals surface area (Å²) in [5, 5.41) is 9.21. The molecule has 1 saturated carbocycles. The van der Waals surface area contributed by atoms with Crippen molar-refractivity contribution in [1.82, 2.24) is 0 Å². The molecule has 1 aliphatic carbocycles. The number of carbonyl (C=O) groups is 1. The summed E-state index contributed by atoms with van der Waals surface area (Å²) < 4.78 is 103. The third-order valence-corrected chi connectivity index (χ3v) is 8.67. The zero-order valence-corrected chi connectivity index (χ0v) is 20.3. The molecule has 3 aromatic carbocycles. The van der Waals surface area contributed by atoms with Crippen molar-refractivity contribution in [1.29, 1.82) is 0 Å². The van der Waals surface area contributed by atoms with Crippen molar-refractivity contribution >= 4 is 21.7 Å². The summed E-state index contributed by atoms with van der Waals surface area (Å²) in [5.74, 6) is -3.30. The standard InChI is InChI=1S/C26H20F5NO5S/c27-18-5-6-21(28)20(12-18)14-4-7-23-22(10-14)32(13-24(37-23)15-8-16(9-15)25(33)34)38(35,36)19-3-1-2-17(11-19)26(29,30)31/h1-7,10-12,15-16,24H,8-9,13H2,(H,33,34)/t15-,16-,24-/m1/s1. The van der Waals surface area contributed by atoms with Gasteiger partial charge in [0.15, 0.2) is 0 Å².